The third kappa shape index (κ3) is 4.13. The first-order valence-corrected chi connectivity index (χ1v) is 10.1. The van der Waals surface area contributed by atoms with E-state index in [0.717, 1.165) is 0 Å². The summed E-state index contributed by atoms with van der Waals surface area (Å²) in [6.07, 6.45) is 0. The highest BCUT2D eigenvalue weighted by Gasteiger charge is 2.13. The van der Waals surface area contributed by atoms with E-state index in [4.69, 9.17) is 32.7 Å². The summed E-state index contributed by atoms with van der Waals surface area (Å²) in [5.74, 6) is 1.54. The summed E-state index contributed by atoms with van der Waals surface area (Å²) in [5, 5.41) is 1.62. The number of hydrogen-bond donors (Lipinski definition) is 1. The van der Waals surface area contributed by atoms with E-state index in [9.17, 15) is 4.79 Å². The number of nitrogens with zero attached hydrogens (tertiary/aromatic N) is 1. The molecular formula is C23H18Cl2N2O3. The molecule has 0 aliphatic heterocycles. The van der Waals surface area contributed by atoms with Gasteiger partial charge < -0.3 is 14.5 Å². The van der Waals surface area contributed by atoms with Crippen LogP contribution in [0.2, 0.25) is 10.0 Å². The van der Waals surface area contributed by atoms with E-state index >= 15 is 0 Å². The van der Waals surface area contributed by atoms with Gasteiger partial charge in [0, 0.05) is 21.2 Å². The molecule has 0 aliphatic carbocycles. The highest BCUT2D eigenvalue weighted by Crippen LogP contribution is 2.34. The summed E-state index contributed by atoms with van der Waals surface area (Å²) in [6, 6.07) is 17.9. The second-order valence-corrected chi connectivity index (χ2v) is 7.33. The number of aromatic amines is 1. The van der Waals surface area contributed by atoms with Crippen LogP contribution >= 0.6 is 23.2 Å². The SMILES string of the molecule is CCOc1cc(-c2nc3ccccc3c(=O)[nH]2)ccc1OCc1c(Cl)cccc1Cl. The van der Waals surface area contributed by atoms with Crippen molar-refractivity contribution in [2.75, 3.05) is 6.61 Å². The van der Waals surface area contributed by atoms with Crippen LogP contribution in [0.4, 0.5) is 0 Å². The minimum atomic E-state index is -0.192. The molecule has 0 bridgehead atoms. The van der Waals surface area contributed by atoms with Crippen LogP contribution in [0, 0.1) is 0 Å². The summed E-state index contributed by atoms with van der Waals surface area (Å²) in [6.45, 7) is 2.54. The van der Waals surface area contributed by atoms with E-state index < -0.39 is 0 Å². The maximum absolute atomic E-state index is 12.4. The molecule has 4 rings (SSSR count). The van der Waals surface area contributed by atoms with Gasteiger partial charge in [0.15, 0.2) is 11.5 Å². The molecular weight excluding hydrogens is 423 g/mol. The lowest BCUT2D eigenvalue weighted by Gasteiger charge is -2.14. The third-order valence-electron chi connectivity index (χ3n) is 4.56. The zero-order valence-corrected chi connectivity index (χ0v) is 17.6. The van der Waals surface area contributed by atoms with Crippen LogP contribution < -0.4 is 15.0 Å². The van der Waals surface area contributed by atoms with Crippen molar-refractivity contribution in [1.29, 1.82) is 0 Å². The largest absolute Gasteiger partial charge is 0.490 e. The number of nitrogens with one attached hydrogen (secondary N) is 1. The average molecular weight is 441 g/mol. The molecule has 1 aromatic heterocycles. The predicted molar refractivity (Wildman–Crippen MR) is 120 cm³/mol. The van der Waals surface area contributed by atoms with Crippen molar-refractivity contribution in [1.82, 2.24) is 9.97 Å². The lowest BCUT2D eigenvalue weighted by atomic mass is 10.1. The zero-order valence-electron chi connectivity index (χ0n) is 16.1. The fraction of sp³-hybridized carbons (Fsp3) is 0.130. The van der Waals surface area contributed by atoms with Crippen LogP contribution in [0.5, 0.6) is 11.5 Å². The first-order chi connectivity index (χ1) is 14.6. The predicted octanol–water partition coefficient (Wildman–Crippen LogP) is 5.87. The molecule has 5 nitrogen and oxygen atoms in total. The Bertz CT molecular complexity index is 1250. The highest BCUT2D eigenvalue weighted by molar-refractivity contribution is 6.35. The van der Waals surface area contributed by atoms with E-state index in [-0.39, 0.29) is 12.2 Å². The molecule has 0 fully saturated rings. The molecule has 4 aromatic rings. The van der Waals surface area contributed by atoms with Gasteiger partial charge in [0.25, 0.3) is 5.56 Å². The van der Waals surface area contributed by atoms with E-state index in [0.29, 0.717) is 56.0 Å². The van der Waals surface area contributed by atoms with Crippen molar-refractivity contribution >= 4 is 34.1 Å². The second-order valence-electron chi connectivity index (χ2n) is 6.52. The minimum Gasteiger partial charge on any atom is -0.490 e. The van der Waals surface area contributed by atoms with E-state index in [1.807, 2.05) is 31.2 Å². The molecule has 1 heterocycles. The van der Waals surface area contributed by atoms with E-state index in [1.165, 1.54) is 0 Å². The fourth-order valence-corrected chi connectivity index (χ4v) is 3.59. The molecule has 0 saturated carbocycles. The maximum atomic E-state index is 12.4. The quantitative estimate of drug-likeness (QED) is 0.406. The van der Waals surface area contributed by atoms with Gasteiger partial charge in [0.2, 0.25) is 0 Å². The van der Waals surface area contributed by atoms with Gasteiger partial charge in [-0.3, -0.25) is 4.79 Å². The number of aromatic nitrogens is 2. The number of fused-ring (bicyclic) bond motifs is 1. The number of hydrogen-bond acceptors (Lipinski definition) is 4. The lowest BCUT2D eigenvalue weighted by molar-refractivity contribution is 0.269. The molecule has 0 spiro atoms. The van der Waals surface area contributed by atoms with Gasteiger partial charge in [-0.05, 0) is 49.4 Å². The smallest absolute Gasteiger partial charge is 0.259 e. The summed E-state index contributed by atoms with van der Waals surface area (Å²) in [7, 11) is 0. The number of H-pyrrole nitrogens is 1. The molecule has 3 aromatic carbocycles. The minimum absolute atomic E-state index is 0.192. The van der Waals surface area contributed by atoms with Crippen LogP contribution in [0.15, 0.2) is 65.5 Å². The monoisotopic (exact) mass is 440 g/mol. The Morgan fingerprint density at radius 3 is 2.47 bits per heavy atom. The van der Waals surface area contributed by atoms with Gasteiger partial charge in [-0.1, -0.05) is 41.4 Å². The Balaban J connectivity index is 1.68. The molecule has 0 radical (unpaired) electrons. The van der Waals surface area contributed by atoms with Crippen LogP contribution in [0.1, 0.15) is 12.5 Å². The summed E-state index contributed by atoms with van der Waals surface area (Å²) >= 11 is 12.5. The Morgan fingerprint density at radius 2 is 1.70 bits per heavy atom. The van der Waals surface area contributed by atoms with Gasteiger partial charge >= 0.3 is 0 Å². The Kier molecular flexibility index (Phi) is 5.93. The van der Waals surface area contributed by atoms with Gasteiger partial charge in [0.1, 0.15) is 12.4 Å². The topological polar surface area (TPSA) is 64.2 Å². The van der Waals surface area contributed by atoms with Crippen LogP contribution in [0.3, 0.4) is 0 Å². The van der Waals surface area contributed by atoms with Gasteiger partial charge in [0.05, 0.1) is 17.5 Å². The van der Waals surface area contributed by atoms with E-state index in [2.05, 4.69) is 9.97 Å². The summed E-state index contributed by atoms with van der Waals surface area (Å²) < 4.78 is 11.7. The van der Waals surface area contributed by atoms with Gasteiger partial charge in [-0.2, -0.15) is 0 Å². The number of ether oxygens (including phenoxy) is 2. The van der Waals surface area contributed by atoms with Crippen molar-refractivity contribution < 1.29 is 9.47 Å². The molecule has 0 saturated heterocycles. The van der Waals surface area contributed by atoms with Crippen LogP contribution in [-0.2, 0) is 6.61 Å². The molecule has 0 aliphatic rings. The molecule has 0 unspecified atom stereocenters. The summed E-state index contributed by atoms with van der Waals surface area (Å²) in [4.78, 5) is 19.8. The number of rotatable bonds is 6. The zero-order chi connectivity index (χ0) is 21.1. The molecule has 152 valence electrons. The Labute approximate surface area is 183 Å². The van der Waals surface area contributed by atoms with Gasteiger partial charge in [-0.25, -0.2) is 4.98 Å². The maximum Gasteiger partial charge on any atom is 0.259 e. The Hall–Kier alpha value is -3.02. The van der Waals surface area contributed by atoms with Crippen LogP contribution in [-0.4, -0.2) is 16.6 Å². The third-order valence-corrected chi connectivity index (χ3v) is 5.27. The molecule has 0 atom stereocenters. The first kappa shape index (κ1) is 20.3. The number of para-hydroxylation sites is 1. The van der Waals surface area contributed by atoms with Crippen molar-refractivity contribution in [2.45, 2.75) is 13.5 Å². The normalized spacial score (nSPS) is 10.9. The number of benzene rings is 3. The van der Waals surface area contributed by atoms with Crippen molar-refractivity contribution in [3.8, 4) is 22.9 Å². The van der Waals surface area contributed by atoms with Crippen molar-refractivity contribution in [3.63, 3.8) is 0 Å². The van der Waals surface area contributed by atoms with Gasteiger partial charge in [-0.15, -0.1) is 0 Å². The molecule has 0 amide bonds. The lowest BCUT2D eigenvalue weighted by Crippen LogP contribution is -2.09. The van der Waals surface area contributed by atoms with Crippen molar-refractivity contribution in [2.24, 2.45) is 0 Å². The molecule has 7 heteroatoms. The first-order valence-electron chi connectivity index (χ1n) is 9.38. The molecule has 1 N–H and O–H groups in total. The molecule has 30 heavy (non-hydrogen) atoms. The average Bonchev–Trinajstić information content (AvgIpc) is 2.74. The van der Waals surface area contributed by atoms with Crippen molar-refractivity contribution in [3.05, 3.63) is 86.6 Å². The fourth-order valence-electron chi connectivity index (χ4n) is 3.09. The standard InChI is InChI=1S/C23H18Cl2N2O3/c1-2-29-21-12-14(22-26-19-9-4-3-6-15(19)23(28)27-22)10-11-20(21)30-13-16-17(24)7-5-8-18(16)25/h3-12H,2,13H2,1H3,(H,26,27,28). The number of halogens is 2. The highest BCUT2D eigenvalue weighted by atomic mass is 35.5. The van der Waals surface area contributed by atoms with E-state index in [1.54, 1.807) is 36.4 Å². The Morgan fingerprint density at radius 1 is 0.933 bits per heavy atom. The van der Waals surface area contributed by atoms with Crippen LogP contribution in [0.25, 0.3) is 22.3 Å². The second kappa shape index (κ2) is 8.78. The summed E-state index contributed by atoms with van der Waals surface area (Å²) in [5.41, 5.74) is 1.85.